The molecule has 1 aromatic heterocycles. The van der Waals surface area contributed by atoms with Crippen molar-refractivity contribution in [2.24, 2.45) is 0 Å². The van der Waals surface area contributed by atoms with Gasteiger partial charge in [0.25, 0.3) is 0 Å². The fourth-order valence-corrected chi connectivity index (χ4v) is 4.81. The van der Waals surface area contributed by atoms with Crippen LogP contribution in [0.4, 0.5) is 5.95 Å². The topological polar surface area (TPSA) is 50.7 Å². The van der Waals surface area contributed by atoms with Gasteiger partial charge >= 0.3 is 0 Å². The predicted octanol–water partition coefficient (Wildman–Crippen LogP) is 7.05. The molecule has 1 heterocycles. The van der Waals surface area contributed by atoms with Crippen molar-refractivity contribution in [3.05, 3.63) is 11.1 Å². The molecule has 3 rings (SSSR count). The molecule has 1 N–H and O–H groups in total. The van der Waals surface area contributed by atoms with E-state index in [4.69, 9.17) is 16.6 Å². The third-order valence-corrected chi connectivity index (χ3v) is 6.45. The van der Waals surface area contributed by atoms with Gasteiger partial charge in [0.1, 0.15) is 5.82 Å². The van der Waals surface area contributed by atoms with E-state index < -0.39 is 0 Å². The van der Waals surface area contributed by atoms with Crippen LogP contribution in [0.3, 0.4) is 0 Å². The highest BCUT2D eigenvalue weighted by atomic mass is 35.5. The zero-order chi connectivity index (χ0) is 18.7. The van der Waals surface area contributed by atoms with Gasteiger partial charge in [0.2, 0.25) is 11.2 Å². The Morgan fingerprint density at radius 3 is 1.63 bits per heavy atom. The van der Waals surface area contributed by atoms with E-state index in [9.17, 15) is 0 Å². The summed E-state index contributed by atoms with van der Waals surface area (Å²) >= 11 is 6.30. The van der Waals surface area contributed by atoms with Crippen molar-refractivity contribution >= 4 is 17.5 Å². The summed E-state index contributed by atoms with van der Waals surface area (Å²) in [6.07, 6.45) is 22.2. The monoisotopic (exact) mass is 392 g/mol. The summed E-state index contributed by atoms with van der Waals surface area (Å²) in [5, 5.41) is 3.96. The van der Waals surface area contributed by atoms with E-state index in [0.29, 0.717) is 23.2 Å². The van der Waals surface area contributed by atoms with Crippen LogP contribution in [-0.4, -0.2) is 21.0 Å². The van der Waals surface area contributed by atoms with E-state index in [2.05, 4.69) is 15.3 Å². The molecule has 2 fully saturated rings. The molecule has 27 heavy (non-hydrogen) atoms. The summed E-state index contributed by atoms with van der Waals surface area (Å²) in [6, 6.07) is 0.468. The number of anilines is 1. The Labute approximate surface area is 170 Å². The van der Waals surface area contributed by atoms with Crippen molar-refractivity contribution in [1.82, 2.24) is 15.0 Å². The summed E-state index contributed by atoms with van der Waals surface area (Å²) in [5.74, 6) is 2.05. The Hall–Kier alpha value is -0.900. The smallest absolute Gasteiger partial charge is 0.227 e. The second-order valence-corrected chi connectivity index (χ2v) is 8.91. The minimum Gasteiger partial charge on any atom is -0.351 e. The maximum atomic E-state index is 6.30. The summed E-state index contributed by atoms with van der Waals surface area (Å²) < 4.78 is 0. The SMILES string of the molecule is Clc1nc(NC2CCCCCCCCC2)nc(C2CCCCCCCC2)n1. The van der Waals surface area contributed by atoms with Gasteiger partial charge in [-0.25, -0.2) is 4.98 Å². The van der Waals surface area contributed by atoms with Crippen LogP contribution in [-0.2, 0) is 0 Å². The molecule has 0 aromatic carbocycles. The van der Waals surface area contributed by atoms with E-state index in [1.807, 2.05) is 0 Å². The van der Waals surface area contributed by atoms with Gasteiger partial charge in [0.15, 0.2) is 0 Å². The predicted molar refractivity (Wildman–Crippen MR) is 113 cm³/mol. The van der Waals surface area contributed by atoms with Crippen molar-refractivity contribution in [1.29, 1.82) is 0 Å². The van der Waals surface area contributed by atoms with Crippen molar-refractivity contribution < 1.29 is 0 Å². The van der Waals surface area contributed by atoms with Crippen LogP contribution in [0.1, 0.15) is 121 Å². The van der Waals surface area contributed by atoms with Crippen LogP contribution in [0.5, 0.6) is 0 Å². The normalized spacial score (nSPS) is 22.4. The molecule has 0 aliphatic heterocycles. The van der Waals surface area contributed by atoms with Crippen LogP contribution < -0.4 is 5.32 Å². The molecule has 5 heteroatoms. The molecule has 0 radical (unpaired) electrons. The average Bonchev–Trinajstić information content (AvgIpc) is 2.80. The van der Waals surface area contributed by atoms with Crippen LogP contribution in [0, 0.1) is 0 Å². The summed E-state index contributed by atoms with van der Waals surface area (Å²) in [7, 11) is 0. The number of aromatic nitrogens is 3. The van der Waals surface area contributed by atoms with Gasteiger partial charge in [-0.1, -0.05) is 83.5 Å². The van der Waals surface area contributed by atoms with Gasteiger partial charge in [-0.2, -0.15) is 9.97 Å². The first-order valence-electron chi connectivity index (χ1n) is 11.5. The number of rotatable bonds is 3. The Bertz CT molecular complexity index is 531. The van der Waals surface area contributed by atoms with Gasteiger partial charge in [-0.05, 0) is 37.3 Å². The quantitative estimate of drug-likeness (QED) is 0.598. The second kappa shape index (κ2) is 11.8. The maximum absolute atomic E-state index is 6.30. The third kappa shape index (κ3) is 7.56. The molecule has 2 aliphatic rings. The van der Waals surface area contributed by atoms with Gasteiger partial charge in [0, 0.05) is 12.0 Å². The van der Waals surface area contributed by atoms with Crippen LogP contribution >= 0.6 is 11.6 Å². The van der Waals surface area contributed by atoms with E-state index in [1.165, 1.54) is 109 Å². The van der Waals surface area contributed by atoms with Crippen LogP contribution in [0.25, 0.3) is 0 Å². The summed E-state index contributed by atoms with van der Waals surface area (Å²) in [4.78, 5) is 13.8. The second-order valence-electron chi connectivity index (χ2n) is 8.58. The zero-order valence-electron chi connectivity index (χ0n) is 16.9. The zero-order valence-corrected chi connectivity index (χ0v) is 17.7. The molecule has 0 saturated heterocycles. The number of hydrogen-bond donors (Lipinski definition) is 1. The van der Waals surface area contributed by atoms with Gasteiger partial charge < -0.3 is 5.32 Å². The molecule has 0 unspecified atom stereocenters. The Morgan fingerprint density at radius 2 is 1.07 bits per heavy atom. The molecule has 152 valence electrons. The molecular weight excluding hydrogens is 356 g/mol. The molecule has 0 atom stereocenters. The lowest BCUT2D eigenvalue weighted by atomic mass is 9.96. The minimum atomic E-state index is 0.349. The Kier molecular flexibility index (Phi) is 9.13. The maximum Gasteiger partial charge on any atom is 0.227 e. The van der Waals surface area contributed by atoms with E-state index >= 15 is 0 Å². The molecule has 2 saturated carbocycles. The van der Waals surface area contributed by atoms with E-state index in [0.717, 1.165) is 5.82 Å². The molecule has 1 aromatic rings. The lowest BCUT2D eigenvalue weighted by molar-refractivity contribution is 0.474. The van der Waals surface area contributed by atoms with Crippen LogP contribution in [0.2, 0.25) is 5.28 Å². The lowest BCUT2D eigenvalue weighted by Crippen LogP contribution is -2.22. The molecule has 2 aliphatic carbocycles. The van der Waals surface area contributed by atoms with Crippen LogP contribution in [0.15, 0.2) is 0 Å². The summed E-state index contributed by atoms with van der Waals surface area (Å²) in [6.45, 7) is 0. The number of hydrogen-bond acceptors (Lipinski definition) is 4. The number of nitrogens with zero attached hydrogens (tertiary/aromatic N) is 3. The third-order valence-electron chi connectivity index (χ3n) is 6.28. The highest BCUT2D eigenvalue weighted by Gasteiger charge is 2.19. The highest BCUT2D eigenvalue weighted by Crippen LogP contribution is 2.29. The number of nitrogens with one attached hydrogen (secondary N) is 1. The van der Waals surface area contributed by atoms with Crippen molar-refractivity contribution in [2.75, 3.05) is 5.32 Å². The first-order valence-corrected chi connectivity index (χ1v) is 11.9. The van der Waals surface area contributed by atoms with Crippen molar-refractivity contribution in [2.45, 2.75) is 121 Å². The van der Waals surface area contributed by atoms with E-state index in [-0.39, 0.29) is 0 Å². The molecule has 0 bridgehead atoms. The largest absolute Gasteiger partial charge is 0.351 e. The molecule has 0 spiro atoms. The number of halogens is 1. The van der Waals surface area contributed by atoms with Gasteiger partial charge in [0.05, 0.1) is 0 Å². The first-order chi connectivity index (χ1) is 13.3. The Balaban J connectivity index is 1.65. The van der Waals surface area contributed by atoms with Crippen molar-refractivity contribution in [3.8, 4) is 0 Å². The fourth-order valence-electron chi connectivity index (χ4n) is 4.64. The van der Waals surface area contributed by atoms with Crippen molar-refractivity contribution in [3.63, 3.8) is 0 Å². The Morgan fingerprint density at radius 1 is 0.593 bits per heavy atom. The molecule has 0 amide bonds. The van der Waals surface area contributed by atoms with Gasteiger partial charge in [-0.15, -0.1) is 0 Å². The fraction of sp³-hybridized carbons (Fsp3) is 0.864. The first kappa shape index (κ1) is 20.8. The average molecular weight is 393 g/mol. The minimum absolute atomic E-state index is 0.349. The van der Waals surface area contributed by atoms with E-state index in [1.54, 1.807) is 0 Å². The highest BCUT2D eigenvalue weighted by molar-refractivity contribution is 6.28. The summed E-state index contributed by atoms with van der Waals surface area (Å²) in [5.41, 5.74) is 0. The lowest BCUT2D eigenvalue weighted by Gasteiger charge is -2.21. The molecular formula is C22H37ClN4. The standard InChI is InChI=1S/C22H37ClN4/c23-21-25-20(18-14-10-6-4-5-7-11-15-18)26-22(27-21)24-19-16-12-8-2-1-3-9-13-17-19/h18-19H,1-17H2,(H,24,25,26,27). The van der Waals surface area contributed by atoms with Gasteiger partial charge in [-0.3, -0.25) is 0 Å². The molecule has 4 nitrogen and oxygen atoms in total.